The lowest BCUT2D eigenvalue weighted by atomic mass is 10.3. The van der Waals surface area contributed by atoms with Crippen molar-refractivity contribution in [3.63, 3.8) is 0 Å². The number of hydrogen-bond acceptors (Lipinski definition) is 3. The molecule has 4 amide bonds. The van der Waals surface area contributed by atoms with Crippen LogP contribution in [0.15, 0.2) is 18.2 Å². The van der Waals surface area contributed by atoms with Crippen LogP contribution in [0.4, 0.5) is 14.9 Å². The molecule has 116 valence electrons. The van der Waals surface area contributed by atoms with Gasteiger partial charge in [0, 0.05) is 6.04 Å². The number of nitrogens with one attached hydrogen (secondary N) is 1. The Morgan fingerprint density at radius 1 is 1.36 bits per heavy atom. The van der Waals surface area contributed by atoms with Crippen molar-refractivity contribution < 1.29 is 18.8 Å². The summed E-state index contributed by atoms with van der Waals surface area (Å²) in [7, 11) is 0. The van der Waals surface area contributed by atoms with Gasteiger partial charge in [-0.3, -0.25) is 14.5 Å². The van der Waals surface area contributed by atoms with Crippen LogP contribution in [0.25, 0.3) is 0 Å². The standard InChI is InChI=1S/C14H13ClFN3O3/c15-10-5-8(16)1-4-11(10)17-12(20)6-19-13(21)7-18(14(19)22)9-2-3-9/h1,4-5,9H,2-3,6-7H2,(H,17,20). The maximum Gasteiger partial charge on any atom is 0.327 e. The molecule has 0 radical (unpaired) electrons. The molecule has 1 heterocycles. The molecule has 22 heavy (non-hydrogen) atoms. The first-order chi connectivity index (χ1) is 10.5. The van der Waals surface area contributed by atoms with Crippen LogP contribution in [-0.2, 0) is 9.59 Å². The fourth-order valence-corrected chi connectivity index (χ4v) is 2.53. The summed E-state index contributed by atoms with van der Waals surface area (Å²) in [6, 6.07) is 3.23. The Hall–Kier alpha value is -2.15. The number of amides is 4. The van der Waals surface area contributed by atoms with Crippen LogP contribution in [0.1, 0.15) is 12.8 Å². The van der Waals surface area contributed by atoms with Crippen molar-refractivity contribution in [1.29, 1.82) is 0 Å². The summed E-state index contributed by atoms with van der Waals surface area (Å²) in [4.78, 5) is 38.3. The molecule has 2 fully saturated rings. The SMILES string of the molecule is O=C(CN1C(=O)CN(C2CC2)C1=O)Nc1ccc(F)cc1Cl. The maximum atomic E-state index is 12.9. The van der Waals surface area contributed by atoms with Gasteiger partial charge in [-0.25, -0.2) is 9.18 Å². The van der Waals surface area contributed by atoms with Crippen molar-refractivity contribution in [3.05, 3.63) is 29.0 Å². The van der Waals surface area contributed by atoms with E-state index in [-0.39, 0.29) is 29.8 Å². The molecule has 1 aliphatic carbocycles. The van der Waals surface area contributed by atoms with E-state index in [0.29, 0.717) is 0 Å². The summed E-state index contributed by atoms with van der Waals surface area (Å²) < 4.78 is 12.9. The number of nitrogens with zero attached hydrogens (tertiary/aromatic N) is 2. The van der Waals surface area contributed by atoms with E-state index < -0.39 is 23.7 Å². The highest BCUT2D eigenvalue weighted by Gasteiger charge is 2.44. The van der Waals surface area contributed by atoms with Crippen molar-refractivity contribution in [2.24, 2.45) is 0 Å². The number of halogens is 2. The Balaban J connectivity index is 1.64. The molecule has 0 bridgehead atoms. The highest BCUT2D eigenvalue weighted by molar-refractivity contribution is 6.33. The van der Waals surface area contributed by atoms with Crippen molar-refractivity contribution in [2.75, 3.05) is 18.4 Å². The number of carbonyl (C=O) groups is 3. The first-order valence-corrected chi connectivity index (χ1v) is 7.19. The van der Waals surface area contributed by atoms with E-state index in [9.17, 15) is 18.8 Å². The second-order valence-electron chi connectivity index (χ2n) is 5.29. The van der Waals surface area contributed by atoms with E-state index in [1.807, 2.05) is 0 Å². The molecule has 6 nitrogen and oxygen atoms in total. The smallest absolute Gasteiger partial charge is 0.323 e. The van der Waals surface area contributed by atoms with Crippen LogP contribution in [-0.4, -0.2) is 46.8 Å². The van der Waals surface area contributed by atoms with E-state index in [1.165, 1.54) is 11.0 Å². The molecular formula is C14H13ClFN3O3. The third-order valence-electron chi connectivity index (χ3n) is 3.58. The van der Waals surface area contributed by atoms with Crippen molar-refractivity contribution in [2.45, 2.75) is 18.9 Å². The molecule has 1 N–H and O–H groups in total. The molecule has 0 aromatic heterocycles. The number of anilines is 1. The maximum absolute atomic E-state index is 12.9. The Morgan fingerprint density at radius 2 is 2.09 bits per heavy atom. The zero-order chi connectivity index (χ0) is 15.9. The summed E-state index contributed by atoms with van der Waals surface area (Å²) >= 11 is 5.81. The van der Waals surface area contributed by atoms with Gasteiger partial charge in [0.05, 0.1) is 10.7 Å². The molecule has 1 saturated carbocycles. The lowest BCUT2D eigenvalue weighted by Crippen LogP contribution is -2.39. The van der Waals surface area contributed by atoms with Crippen LogP contribution in [0.3, 0.4) is 0 Å². The topological polar surface area (TPSA) is 69.7 Å². The van der Waals surface area contributed by atoms with E-state index in [1.54, 1.807) is 0 Å². The molecule has 0 spiro atoms. The normalized spacial score (nSPS) is 18.1. The van der Waals surface area contributed by atoms with Crippen molar-refractivity contribution in [3.8, 4) is 0 Å². The summed E-state index contributed by atoms with van der Waals surface area (Å²) in [6.07, 6.45) is 1.79. The van der Waals surface area contributed by atoms with Gasteiger partial charge >= 0.3 is 6.03 Å². The first kappa shape index (κ1) is 14.8. The Bertz CT molecular complexity index is 663. The lowest BCUT2D eigenvalue weighted by Gasteiger charge is -2.16. The molecule has 2 aliphatic rings. The second-order valence-corrected chi connectivity index (χ2v) is 5.70. The minimum absolute atomic E-state index is 0.0219. The number of carbonyl (C=O) groups excluding carboxylic acids is 3. The van der Waals surface area contributed by atoms with Crippen LogP contribution in [0.5, 0.6) is 0 Å². The number of hydrogen-bond donors (Lipinski definition) is 1. The predicted molar refractivity (Wildman–Crippen MR) is 76.9 cm³/mol. The van der Waals surface area contributed by atoms with Gasteiger partial charge in [0.25, 0.3) is 5.91 Å². The molecule has 1 saturated heterocycles. The van der Waals surface area contributed by atoms with Gasteiger partial charge in [0.2, 0.25) is 5.91 Å². The molecule has 3 rings (SSSR count). The summed E-state index contributed by atoms with van der Waals surface area (Å²) in [6.45, 7) is -0.358. The van der Waals surface area contributed by atoms with Gasteiger partial charge < -0.3 is 10.2 Å². The average molecular weight is 326 g/mol. The monoisotopic (exact) mass is 325 g/mol. The van der Waals surface area contributed by atoms with Gasteiger partial charge in [0.1, 0.15) is 18.9 Å². The fraction of sp³-hybridized carbons (Fsp3) is 0.357. The van der Waals surface area contributed by atoms with E-state index in [4.69, 9.17) is 11.6 Å². The quantitative estimate of drug-likeness (QED) is 0.859. The molecule has 0 atom stereocenters. The minimum atomic E-state index is -0.562. The van der Waals surface area contributed by atoms with Gasteiger partial charge in [-0.15, -0.1) is 0 Å². The molecule has 8 heteroatoms. The predicted octanol–water partition coefficient (Wildman–Crippen LogP) is 1.84. The van der Waals surface area contributed by atoms with Crippen LogP contribution < -0.4 is 5.32 Å². The zero-order valence-electron chi connectivity index (χ0n) is 11.5. The average Bonchev–Trinajstić information content (AvgIpc) is 3.25. The summed E-state index contributed by atoms with van der Waals surface area (Å²) in [5, 5.41) is 2.51. The Labute approximate surface area is 130 Å². The van der Waals surface area contributed by atoms with E-state index in [0.717, 1.165) is 29.9 Å². The van der Waals surface area contributed by atoms with Crippen molar-refractivity contribution in [1.82, 2.24) is 9.80 Å². The van der Waals surface area contributed by atoms with Crippen LogP contribution in [0, 0.1) is 5.82 Å². The minimum Gasteiger partial charge on any atom is -0.323 e. The molecular weight excluding hydrogens is 313 g/mol. The molecule has 1 aromatic carbocycles. The van der Waals surface area contributed by atoms with Crippen LogP contribution >= 0.6 is 11.6 Å². The van der Waals surface area contributed by atoms with Crippen molar-refractivity contribution >= 4 is 35.1 Å². The van der Waals surface area contributed by atoms with E-state index in [2.05, 4.69) is 5.32 Å². The number of imide groups is 1. The highest BCUT2D eigenvalue weighted by Crippen LogP contribution is 2.30. The second kappa shape index (κ2) is 5.57. The molecule has 1 aliphatic heterocycles. The first-order valence-electron chi connectivity index (χ1n) is 6.81. The van der Waals surface area contributed by atoms with E-state index >= 15 is 0 Å². The highest BCUT2D eigenvalue weighted by atomic mass is 35.5. The number of rotatable bonds is 4. The lowest BCUT2D eigenvalue weighted by molar-refractivity contribution is -0.129. The Morgan fingerprint density at radius 3 is 2.73 bits per heavy atom. The largest absolute Gasteiger partial charge is 0.327 e. The van der Waals surface area contributed by atoms with Gasteiger partial charge in [-0.05, 0) is 31.0 Å². The fourth-order valence-electron chi connectivity index (χ4n) is 2.31. The van der Waals surface area contributed by atoms with Gasteiger partial charge in [0.15, 0.2) is 0 Å². The third kappa shape index (κ3) is 2.89. The number of benzene rings is 1. The van der Waals surface area contributed by atoms with Gasteiger partial charge in [-0.2, -0.15) is 0 Å². The molecule has 0 unspecified atom stereocenters. The Kier molecular flexibility index (Phi) is 3.74. The number of urea groups is 1. The zero-order valence-corrected chi connectivity index (χ0v) is 12.3. The van der Waals surface area contributed by atoms with Gasteiger partial charge in [-0.1, -0.05) is 11.6 Å². The summed E-state index contributed by atoms with van der Waals surface area (Å²) in [5.41, 5.74) is 0.228. The van der Waals surface area contributed by atoms with Crippen LogP contribution in [0.2, 0.25) is 5.02 Å². The summed E-state index contributed by atoms with van der Waals surface area (Å²) in [5.74, 6) is -1.47. The molecule has 1 aromatic rings. The third-order valence-corrected chi connectivity index (χ3v) is 3.89.